The van der Waals surface area contributed by atoms with Gasteiger partial charge in [-0.1, -0.05) is 52.4 Å². The van der Waals surface area contributed by atoms with Crippen molar-refractivity contribution in [1.82, 2.24) is 0 Å². The molecule has 38 heavy (non-hydrogen) atoms. The molecule has 0 saturated carbocycles. The third-order valence-electron chi connectivity index (χ3n) is 6.69. The first-order valence-electron chi connectivity index (χ1n) is 12.9. The molecule has 0 bridgehead atoms. The van der Waals surface area contributed by atoms with Gasteiger partial charge in [-0.3, -0.25) is 19.2 Å². The molecule has 0 amide bonds. The second-order valence-electron chi connectivity index (χ2n) is 9.55. The Labute approximate surface area is 221 Å². The number of unbranched alkanes of at least 4 members (excludes halogenated alkanes) is 4. The van der Waals surface area contributed by atoms with Crippen molar-refractivity contribution in [3.63, 3.8) is 0 Å². The topological polar surface area (TPSA) is 224 Å². The Morgan fingerprint density at radius 3 is 1.47 bits per heavy atom. The smallest absolute Gasteiger partial charge is 0.332 e. The predicted octanol–water partition coefficient (Wildman–Crippen LogP) is 3.98. The van der Waals surface area contributed by atoms with Crippen LogP contribution in [-0.2, 0) is 28.8 Å². The molecule has 12 heteroatoms. The van der Waals surface area contributed by atoms with Gasteiger partial charge < -0.3 is 30.6 Å². The first kappa shape index (κ1) is 34.6. The van der Waals surface area contributed by atoms with Crippen molar-refractivity contribution in [2.75, 3.05) is 0 Å². The number of rotatable bonds is 22. The maximum atomic E-state index is 11.9. The summed E-state index contributed by atoms with van der Waals surface area (Å²) in [5.41, 5.74) is -1.33. The lowest BCUT2D eigenvalue weighted by Gasteiger charge is -2.20. The summed E-state index contributed by atoms with van der Waals surface area (Å²) in [6.45, 7) is 3.39. The van der Waals surface area contributed by atoms with Gasteiger partial charge in [-0.25, -0.2) is 9.59 Å². The van der Waals surface area contributed by atoms with Crippen LogP contribution in [0.25, 0.3) is 0 Å². The van der Waals surface area contributed by atoms with Crippen LogP contribution in [0.3, 0.4) is 0 Å². The van der Waals surface area contributed by atoms with Crippen LogP contribution in [0.2, 0.25) is 0 Å². The molecule has 0 aromatic rings. The van der Waals surface area contributed by atoms with Gasteiger partial charge in [0.2, 0.25) is 0 Å². The number of carboxylic acid groups (broad SMARTS) is 6. The summed E-state index contributed by atoms with van der Waals surface area (Å²) in [7, 11) is 0. The standard InChI is InChI=1S/C26H40O12/c1-3-4-11-16(22(29)30)17(23(31)32)12-8-9-14-19(25(35)36)20(26(37)38)18(24(33)34)13-7-5-6-10-15(2)21(27)28/h15-18H,3-14H2,1-2H3,(H,27,28)(H,29,30)(H,31,32)(H,33,34)(H,35,36)(H,37,38). The summed E-state index contributed by atoms with van der Waals surface area (Å²) in [5, 5.41) is 56.9. The third kappa shape index (κ3) is 12.2. The van der Waals surface area contributed by atoms with Crippen LogP contribution in [0.5, 0.6) is 0 Å². The molecular weight excluding hydrogens is 504 g/mol. The molecule has 0 radical (unpaired) electrons. The second-order valence-corrected chi connectivity index (χ2v) is 9.55. The summed E-state index contributed by atoms with van der Waals surface area (Å²) in [4.78, 5) is 69.9. The Bertz CT molecular complexity index is 875. The van der Waals surface area contributed by atoms with E-state index in [-0.39, 0.29) is 44.9 Å². The Balaban J connectivity index is 5.51. The minimum absolute atomic E-state index is 0.0295. The van der Waals surface area contributed by atoms with Gasteiger partial charge in [0.25, 0.3) is 0 Å². The van der Waals surface area contributed by atoms with Crippen molar-refractivity contribution < 1.29 is 59.4 Å². The Kier molecular flexibility index (Phi) is 16.3. The van der Waals surface area contributed by atoms with E-state index >= 15 is 0 Å². The van der Waals surface area contributed by atoms with Gasteiger partial charge in [0.15, 0.2) is 0 Å². The largest absolute Gasteiger partial charge is 0.481 e. The van der Waals surface area contributed by atoms with Crippen LogP contribution >= 0.6 is 0 Å². The molecule has 4 unspecified atom stereocenters. The zero-order valence-corrected chi connectivity index (χ0v) is 21.9. The van der Waals surface area contributed by atoms with Crippen molar-refractivity contribution in [3.8, 4) is 0 Å². The molecule has 12 nitrogen and oxygen atoms in total. The molecule has 6 N–H and O–H groups in total. The fraction of sp³-hybridized carbons (Fsp3) is 0.692. The van der Waals surface area contributed by atoms with E-state index < -0.39 is 70.6 Å². The molecule has 0 fully saturated rings. The van der Waals surface area contributed by atoms with Crippen molar-refractivity contribution in [1.29, 1.82) is 0 Å². The summed E-state index contributed by atoms with van der Waals surface area (Å²) in [6, 6.07) is 0. The highest BCUT2D eigenvalue weighted by Crippen LogP contribution is 2.29. The van der Waals surface area contributed by atoms with Crippen LogP contribution in [0.15, 0.2) is 11.1 Å². The number of hydrogen-bond donors (Lipinski definition) is 6. The molecule has 4 atom stereocenters. The van der Waals surface area contributed by atoms with Gasteiger partial charge in [-0.05, 0) is 38.5 Å². The molecule has 0 rings (SSSR count). The van der Waals surface area contributed by atoms with E-state index in [2.05, 4.69) is 0 Å². The lowest BCUT2D eigenvalue weighted by molar-refractivity contribution is -0.154. The Hall–Kier alpha value is -3.44. The van der Waals surface area contributed by atoms with Gasteiger partial charge in [0.05, 0.1) is 29.2 Å². The maximum Gasteiger partial charge on any atom is 0.332 e. The van der Waals surface area contributed by atoms with E-state index in [4.69, 9.17) is 5.11 Å². The number of aliphatic carboxylic acids is 6. The molecule has 0 saturated heterocycles. The molecule has 0 heterocycles. The highest BCUT2D eigenvalue weighted by molar-refractivity contribution is 6.02. The quantitative estimate of drug-likeness (QED) is 0.0840. The average molecular weight is 545 g/mol. The zero-order chi connectivity index (χ0) is 29.4. The van der Waals surface area contributed by atoms with Crippen LogP contribution < -0.4 is 0 Å². The van der Waals surface area contributed by atoms with Crippen molar-refractivity contribution in [2.24, 2.45) is 23.7 Å². The summed E-state index contributed by atoms with van der Waals surface area (Å²) in [5.74, 6) is -12.7. The van der Waals surface area contributed by atoms with Crippen molar-refractivity contribution in [3.05, 3.63) is 11.1 Å². The Morgan fingerprint density at radius 2 is 1.05 bits per heavy atom. The number of carbonyl (C=O) groups is 6. The first-order chi connectivity index (χ1) is 17.8. The zero-order valence-electron chi connectivity index (χ0n) is 21.9. The normalized spacial score (nSPS) is 15.0. The lowest BCUT2D eigenvalue weighted by Crippen LogP contribution is -2.30. The molecule has 0 aliphatic carbocycles. The van der Waals surface area contributed by atoms with Gasteiger partial charge in [0.1, 0.15) is 0 Å². The predicted molar refractivity (Wildman–Crippen MR) is 134 cm³/mol. The first-order valence-corrected chi connectivity index (χ1v) is 12.9. The van der Waals surface area contributed by atoms with Gasteiger partial charge in [-0.15, -0.1) is 0 Å². The highest BCUT2D eigenvalue weighted by atomic mass is 16.4. The molecule has 0 aliphatic heterocycles. The molecule has 216 valence electrons. The minimum atomic E-state index is -1.68. The lowest BCUT2D eigenvalue weighted by atomic mass is 9.83. The van der Waals surface area contributed by atoms with Crippen molar-refractivity contribution >= 4 is 35.8 Å². The third-order valence-corrected chi connectivity index (χ3v) is 6.69. The van der Waals surface area contributed by atoms with Gasteiger partial charge in [-0.2, -0.15) is 0 Å². The fourth-order valence-electron chi connectivity index (χ4n) is 4.42. The molecular formula is C26H40O12. The summed E-state index contributed by atoms with van der Waals surface area (Å²) >= 11 is 0. The van der Waals surface area contributed by atoms with E-state index in [9.17, 15) is 54.3 Å². The van der Waals surface area contributed by atoms with Crippen LogP contribution in [-0.4, -0.2) is 66.5 Å². The van der Waals surface area contributed by atoms with E-state index in [1.54, 1.807) is 6.92 Å². The summed E-state index contributed by atoms with van der Waals surface area (Å²) < 4.78 is 0. The van der Waals surface area contributed by atoms with E-state index in [1.807, 2.05) is 6.92 Å². The van der Waals surface area contributed by atoms with Gasteiger partial charge in [0, 0.05) is 5.57 Å². The Morgan fingerprint density at radius 1 is 0.553 bits per heavy atom. The molecule has 0 aromatic carbocycles. The molecule has 0 aromatic heterocycles. The van der Waals surface area contributed by atoms with Crippen LogP contribution in [0.4, 0.5) is 0 Å². The van der Waals surface area contributed by atoms with E-state index in [1.165, 1.54) is 0 Å². The molecule has 0 aliphatic rings. The van der Waals surface area contributed by atoms with Crippen LogP contribution in [0, 0.1) is 23.7 Å². The van der Waals surface area contributed by atoms with E-state index in [0.717, 1.165) is 0 Å². The monoisotopic (exact) mass is 544 g/mol. The van der Waals surface area contributed by atoms with Gasteiger partial charge >= 0.3 is 35.8 Å². The minimum Gasteiger partial charge on any atom is -0.481 e. The SMILES string of the molecule is CCCCC(C(=O)O)C(CCCCC(C(=O)O)=C(C(=O)O)C(CCCCCC(C)C(=O)O)C(=O)O)C(=O)O. The summed E-state index contributed by atoms with van der Waals surface area (Å²) in [6.07, 6.45) is 2.56. The second kappa shape index (κ2) is 17.9. The number of carboxylic acids is 6. The molecule has 0 spiro atoms. The average Bonchev–Trinajstić information content (AvgIpc) is 2.81. The number of hydrogen-bond acceptors (Lipinski definition) is 6. The van der Waals surface area contributed by atoms with Crippen molar-refractivity contribution in [2.45, 2.75) is 90.9 Å². The fourth-order valence-corrected chi connectivity index (χ4v) is 4.42. The van der Waals surface area contributed by atoms with Crippen LogP contribution in [0.1, 0.15) is 90.9 Å². The van der Waals surface area contributed by atoms with E-state index in [0.29, 0.717) is 32.1 Å². The highest BCUT2D eigenvalue weighted by Gasteiger charge is 2.34. The maximum absolute atomic E-state index is 11.9.